The first-order valence-corrected chi connectivity index (χ1v) is 13.2. The summed E-state index contributed by atoms with van der Waals surface area (Å²) in [7, 11) is 0. The monoisotopic (exact) mass is 483 g/mol. The fraction of sp³-hybridized carbons (Fsp3) is 0.667. The second kappa shape index (κ2) is 11.3. The Morgan fingerprint density at radius 2 is 2.00 bits per heavy atom. The first kappa shape index (κ1) is 25.3. The number of ketones is 1. The summed E-state index contributed by atoms with van der Waals surface area (Å²) in [5, 5.41) is 4.50. The molecular weight excluding hydrogens is 446 g/mol. The molecule has 0 aromatic carbocycles. The van der Waals surface area contributed by atoms with Gasteiger partial charge in [0.2, 0.25) is 5.71 Å². The van der Waals surface area contributed by atoms with Crippen LogP contribution in [0.4, 0.5) is 0 Å². The minimum atomic E-state index is -0.521. The lowest BCUT2D eigenvalue weighted by atomic mass is 9.84. The Morgan fingerprint density at radius 1 is 1.23 bits per heavy atom. The number of unbranched alkanes of at least 4 members (excludes halogenated alkanes) is 1. The highest BCUT2D eigenvalue weighted by Crippen LogP contribution is 2.49. The maximum atomic E-state index is 12.8. The van der Waals surface area contributed by atoms with E-state index in [1.54, 1.807) is 0 Å². The maximum Gasteiger partial charge on any atom is 0.337 e. The predicted octanol–water partition coefficient (Wildman–Crippen LogP) is 5.46. The zero-order valence-electron chi connectivity index (χ0n) is 21.0. The van der Waals surface area contributed by atoms with Crippen LogP contribution in [-0.4, -0.2) is 21.5 Å². The highest BCUT2D eigenvalue weighted by Gasteiger charge is 2.36. The summed E-state index contributed by atoms with van der Waals surface area (Å²) >= 11 is 0. The Balaban J connectivity index is 1.34. The SMILES string of the molecule is CCCCC(=O)CCC1CCC(=NOc2nc3oc(=O)cc(CCCC4(C)CC4)c3c(=O)[nH]2)CC1. The molecule has 0 unspecified atom stereocenters. The van der Waals surface area contributed by atoms with Gasteiger partial charge in [-0.1, -0.05) is 25.4 Å². The van der Waals surface area contributed by atoms with Crippen molar-refractivity contribution >= 4 is 22.6 Å². The molecular formula is C27H37N3O5. The minimum Gasteiger partial charge on any atom is -0.403 e. The second-order valence-corrected chi connectivity index (χ2v) is 10.7. The van der Waals surface area contributed by atoms with E-state index in [1.807, 2.05) is 0 Å². The molecule has 2 aliphatic rings. The molecule has 2 saturated carbocycles. The lowest BCUT2D eigenvalue weighted by Crippen LogP contribution is -2.17. The van der Waals surface area contributed by atoms with Gasteiger partial charge in [-0.2, -0.15) is 4.98 Å². The molecule has 2 aliphatic carbocycles. The van der Waals surface area contributed by atoms with Crippen LogP contribution < -0.4 is 16.0 Å². The van der Waals surface area contributed by atoms with Gasteiger partial charge in [0.1, 0.15) is 11.2 Å². The van der Waals surface area contributed by atoms with Crippen LogP contribution in [0.2, 0.25) is 0 Å². The molecule has 2 fully saturated rings. The van der Waals surface area contributed by atoms with Gasteiger partial charge in [-0.3, -0.25) is 14.6 Å². The molecule has 0 radical (unpaired) electrons. The zero-order valence-corrected chi connectivity index (χ0v) is 21.0. The quantitative estimate of drug-likeness (QED) is 0.401. The number of Topliss-reactive ketones (excluding diaryl/α,β-unsaturated/α-hetero) is 1. The molecule has 2 aromatic rings. The van der Waals surface area contributed by atoms with Crippen molar-refractivity contribution in [3.8, 4) is 6.01 Å². The van der Waals surface area contributed by atoms with E-state index in [0.717, 1.165) is 63.5 Å². The van der Waals surface area contributed by atoms with Crippen molar-refractivity contribution in [2.75, 3.05) is 0 Å². The van der Waals surface area contributed by atoms with E-state index >= 15 is 0 Å². The lowest BCUT2D eigenvalue weighted by Gasteiger charge is -2.22. The molecule has 2 aromatic heterocycles. The number of aromatic amines is 1. The molecule has 35 heavy (non-hydrogen) atoms. The summed E-state index contributed by atoms with van der Waals surface area (Å²) in [6.07, 6.45) is 13.0. The van der Waals surface area contributed by atoms with Crippen LogP contribution in [0, 0.1) is 11.3 Å². The number of fused-ring (bicyclic) bond motifs is 1. The number of H-pyrrole nitrogens is 1. The van der Waals surface area contributed by atoms with E-state index < -0.39 is 11.2 Å². The molecule has 8 heteroatoms. The van der Waals surface area contributed by atoms with E-state index in [2.05, 4.69) is 29.0 Å². The average Bonchev–Trinajstić information content (AvgIpc) is 3.57. The average molecular weight is 484 g/mol. The molecule has 0 atom stereocenters. The smallest absolute Gasteiger partial charge is 0.337 e. The third kappa shape index (κ3) is 7.12. The Hall–Kier alpha value is -2.77. The second-order valence-electron chi connectivity index (χ2n) is 10.7. The summed E-state index contributed by atoms with van der Waals surface area (Å²) < 4.78 is 5.22. The van der Waals surface area contributed by atoms with Gasteiger partial charge >= 0.3 is 11.6 Å². The number of hydrogen-bond donors (Lipinski definition) is 1. The fourth-order valence-corrected chi connectivity index (χ4v) is 4.90. The van der Waals surface area contributed by atoms with E-state index in [0.29, 0.717) is 47.3 Å². The molecule has 0 saturated heterocycles. The maximum absolute atomic E-state index is 12.8. The number of oxime groups is 1. The Kier molecular flexibility index (Phi) is 8.19. The van der Waals surface area contributed by atoms with E-state index in [1.165, 1.54) is 18.9 Å². The standard InChI is InChI=1S/C27H37N3O5/c1-3-4-7-21(31)13-10-18-8-11-20(12-9-18)30-35-26-28-24(33)23-19(6-5-14-27(2)15-16-27)17-22(32)34-25(23)29-26/h17-18H,3-16H2,1-2H3,(H,28,29,33). The van der Waals surface area contributed by atoms with Gasteiger partial charge in [0, 0.05) is 18.9 Å². The van der Waals surface area contributed by atoms with Gasteiger partial charge in [0.25, 0.3) is 5.56 Å². The van der Waals surface area contributed by atoms with Crippen molar-refractivity contribution in [1.29, 1.82) is 0 Å². The highest BCUT2D eigenvalue weighted by molar-refractivity contribution is 5.84. The van der Waals surface area contributed by atoms with Crippen molar-refractivity contribution in [3.05, 3.63) is 32.4 Å². The van der Waals surface area contributed by atoms with E-state index in [4.69, 9.17) is 9.25 Å². The number of aromatic nitrogens is 2. The zero-order chi connectivity index (χ0) is 24.8. The molecule has 8 nitrogen and oxygen atoms in total. The van der Waals surface area contributed by atoms with Crippen LogP contribution in [0.3, 0.4) is 0 Å². The number of aryl methyl sites for hydroxylation is 1. The predicted molar refractivity (Wildman–Crippen MR) is 135 cm³/mol. The van der Waals surface area contributed by atoms with Crippen LogP contribution in [0.25, 0.3) is 11.1 Å². The molecule has 0 amide bonds. The van der Waals surface area contributed by atoms with Crippen molar-refractivity contribution in [3.63, 3.8) is 0 Å². The van der Waals surface area contributed by atoms with Crippen molar-refractivity contribution in [2.45, 2.75) is 104 Å². The van der Waals surface area contributed by atoms with Gasteiger partial charge < -0.3 is 9.25 Å². The summed E-state index contributed by atoms with van der Waals surface area (Å²) in [5.41, 5.74) is 1.07. The van der Waals surface area contributed by atoms with E-state index in [-0.39, 0.29) is 11.7 Å². The van der Waals surface area contributed by atoms with Crippen LogP contribution in [-0.2, 0) is 11.2 Å². The molecule has 2 heterocycles. The normalized spacial score (nSPS) is 19.0. The minimum absolute atomic E-state index is 0.0134. The topological polar surface area (TPSA) is 115 Å². The van der Waals surface area contributed by atoms with Gasteiger partial charge in [0.05, 0.1) is 5.71 Å². The van der Waals surface area contributed by atoms with Gasteiger partial charge in [0.15, 0.2) is 0 Å². The van der Waals surface area contributed by atoms with Crippen LogP contribution in [0.1, 0.15) is 103 Å². The molecule has 4 rings (SSSR count). The Labute approximate surface area is 205 Å². The largest absolute Gasteiger partial charge is 0.403 e. The number of nitrogens with zero attached hydrogens (tertiary/aromatic N) is 2. The van der Waals surface area contributed by atoms with Crippen LogP contribution in [0.15, 0.2) is 25.2 Å². The fourth-order valence-electron chi connectivity index (χ4n) is 4.90. The summed E-state index contributed by atoms with van der Waals surface area (Å²) in [5.74, 6) is 0.904. The van der Waals surface area contributed by atoms with Gasteiger partial charge in [-0.05, 0) is 87.5 Å². The third-order valence-corrected chi connectivity index (χ3v) is 7.59. The molecule has 1 N–H and O–H groups in total. The molecule has 0 bridgehead atoms. The van der Waals surface area contributed by atoms with Gasteiger partial charge in [-0.15, -0.1) is 0 Å². The lowest BCUT2D eigenvalue weighted by molar-refractivity contribution is -0.119. The summed E-state index contributed by atoms with van der Waals surface area (Å²) in [4.78, 5) is 49.0. The molecule has 0 spiro atoms. The van der Waals surface area contributed by atoms with E-state index in [9.17, 15) is 14.4 Å². The first-order chi connectivity index (χ1) is 16.8. The first-order valence-electron chi connectivity index (χ1n) is 13.2. The third-order valence-electron chi connectivity index (χ3n) is 7.59. The Morgan fingerprint density at radius 3 is 2.71 bits per heavy atom. The summed E-state index contributed by atoms with van der Waals surface area (Å²) in [6, 6.07) is 1.31. The number of rotatable bonds is 12. The highest BCUT2D eigenvalue weighted by atomic mass is 16.6. The number of hydrogen-bond acceptors (Lipinski definition) is 7. The number of nitrogens with one attached hydrogen (secondary N) is 1. The van der Waals surface area contributed by atoms with Crippen LogP contribution in [0.5, 0.6) is 6.01 Å². The van der Waals surface area contributed by atoms with Crippen molar-refractivity contribution < 1.29 is 14.0 Å². The van der Waals surface area contributed by atoms with Crippen LogP contribution >= 0.6 is 0 Å². The molecule has 190 valence electrons. The van der Waals surface area contributed by atoms with Gasteiger partial charge in [-0.25, -0.2) is 4.79 Å². The summed E-state index contributed by atoms with van der Waals surface area (Å²) in [6.45, 7) is 4.37. The Bertz CT molecular complexity index is 1180. The molecule has 0 aliphatic heterocycles. The van der Waals surface area contributed by atoms with Crippen molar-refractivity contribution in [2.24, 2.45) is 16.5 Å². The number of carbonyl (C=O) groups excluding carboxylic acids is 1. The number of carbonyl (C=O) groups is 1. The van der Waals surface area contributed by atoms with Crippen molar-refractivity contribution in [1.82, 2.24) is 9.97 Å².